The average molecular weight is 449 g/mol. The SMILES string of the molecule is COc1ccc(C(=O)OCC(=O)c2ccc(OC(=O)c3ccc(C)cc3)cc2)cc1[N+](=O)[O-]. The van der Waals surface area contributed by atoms with Crippen molar-refractivity contribution >= 4 is 23.4 Å². The highest BCUT2D eigenvalue weighted by atomic mass is 16.6. The minimum Gasteiger partial charge on any atom is -0.490 e. The van der Waals surface area contributed by atoms with Gasteiger partial charge in [0.2, 0.25) is 0 Å². The third-order valence-corrected chi connectivity index (χ3v) is 4.62. The third kappa shape index (κ3) is 5.79. The zero-order valence-electron chi connectivity index (χ0n) is 17.8. The third-order valence-electron chi connectivity index (χ3n) is 4.62. The molecule has 33 heavy (non-hydrogen) atoms. The first-order chi connectivity index (χ1) is 15.8. The van der Waals surface area contributed by atoms with Crippen LogP contribution in [0.1, 0.15) is 36.6 Å². The number of benzene rings is 3. The number of carbonyl (C=O) groups is 3. The molecule has 0 aliphatic rings. The number of nitrogens with zero attached hydrogens (tertiary/aromatic N) is 1. The molecule has 0 aliphatic carbocycles. The van der Waals surface area contributed by atoms with Gasteiger partial charge in [0.1, 0.15) is 5.75 Å². The molecule has 3 aromatic carbocycles. The van der Waals surface area contributed by atoms with Crippen molar-refractivity contribution in [2.45, 2.75) is 6.92 Å². The highest BCUT2D eigenvalue weighted by Gasteiger charge is 2.20. The molecule has 9 nitrogen and oxygen atoms in total. The standard InChI is InChI=1S/C24H19NO8/c1-15-3-5-17(6-4-15)24(28)33-19-10-7-16(8-11-19)21(26)14-32-23(27)18-9-12-22(31-2)20(13-18)25(29)30/h3-13H,14H2,1-2H3. The molecule has 168 valence electrons. The molecule has 0 heterocycles. The van der Waals surface area contributed by atoms with E-state index in [1.807, 2.05) is 6.92 Å². The lowest BCUT2D eigenvalue weighted by atomic mass is 10.1. The molecule has 3 aromatic rings. The van der Waals surface area contributed by atoms with Crippen LogP contribution < -0.4 is 9.47 Å². The largest absolute Gasteiger partial charge is 0.490 e. The van der Waals surface area contributed by atoms with Crippen LogP contribution in [0.3, 0.4) is 0 Å². The van der Waals surface area contributed by atoms with Gasteiger partial charge in [0, 0.05) is 11.6 Å². The average Bonchev–Trinajstić information content (AvgIpc) is 2.82. The van der Waals surface area contributed by atoms with E-state index in [-0.39, 0.29) is 22.6 Å². The van der Waals surface area contributed by atoms with Crippen LogP contribution in [0.4, 0.5) is 5.69 Å². The summed E-state index contributed by atoms with van der Waals surface area (Å²) in [6, 6.07) is 16.3. The Morgan fingerprint density at radius 2 is 1.45 bits per heavy atom. The van der Waals surface area contributed by atoms with Gasteiger partial charge in [-0.2, -0.15) is 0 Å². The highest BCUT2D eigenvalue weighted by Crippen LogP contribution is 2.27. The summed E-state index contributed by atoms with van der Waals surface area (Å²) >= 11 is 0. The number of carbonyl (C=O) groups excluding carboxylic acids is 3. The number of ketones is 1. The minimum atomic E-state index is -0.891. The van der Waals surface area contributed by atoms with E-state index in [2.05, 4.69) is 0 Å². The molecule has 0 radical (unpaired) electrons. The van der Waals surface area contributed by atoms with Gasteiger partial charge in [-0.3, -0.25) is 14.9 Å². The van der Waals surface area contributed by atoms with Crippen LogP contribution in [0.2, 0.25) is 0 Å². The van der Waals surface area contributed by atoms with Gasteiger partial charge in [-0.1, -0.05) is 17.7 Å². The van der Waals surface area contributed by atoms with Gasteiger partial charge >= 0.3 is 17.6 Å². The van der Waals surface area contributed by atoms with E-state index in [9.17, 15) is 24.5 Å². The van der Waals surface area contributed by atoms with Gasteiger partial charge in [0.05, 0.1) is 23.2 Å². The summed E-state index contributed by atoms with van der Waals surface area (Å²) in [4.78, 5) is 47.1. The molecule has 0 saturated heterocycles. The van der Waals surface area contributed by atoms with Crippen molar-refractivity contribution in [3.05, 3.63) is 99.1 Å². The number of aryl methyl sites for hydroxylation is 1. The van der Waals surface area contributed by atoms with Crippen molar-refractivity contribution in [3.63, 3.8) is 0 Å². The molecule has 0 amide bonds. The minimum absolute atomic E-state index is 0.00389. The van der Waals surface area contributed by atoms with Crippen LogP contribution >= 0.6 is 0 Å². The van der Waals surface area contributed by atoms with E-state index >= 15 is 0 Å². The Morgan fingerprint density at radius 3 is 2.06 bits per heavy atom. The number of Topliss-reactive ketones (excluding diaryl/α,β-unsaturated/α-hetero) is 1. The number of hydrogen-bond donors (Lipinski definition) is 0. The van der Waals surface area contributed by atoms with Crippen molar-refractivity contribution < 1.29 is 33.5 Å². The highest BCUT2D eigenvalue weighted by molar-refractivity contribution is 5.99. The fraction of sp³-hybridized carbons (Fsp3) is 0.125. The Hall–Kier alpha value is -4.53. The number of hydrogen-bond acceptors (Lipinski definition) is 8. The predicted octanol–water partition coefficient (Wildman–Crippen LogP) is 4.17. The monoisotopic (exact) mass is 449 g/mol. The Kier molecular flexibility index (Phi) is 7.14. The maximum atomic E-state index is 12.3. The van der Waals surface area contributed by atoms with Crippen molar-refractivity contribution in [1.29, 1.82) is 0 Å². The summed E-state index contributed by atoms with van der Waals surface area (Å²) in [5.41, 5.74) is 1.16. The smallest absolute Gasteiger partial charge is 0.343 e. The fourth-order valence-electron chi connectivity index (χ4n) is 2.82. The van der Waals surface area contributed by atoms with E-state index in [1.54, 1.807) is 24.3 Å². The summed E-state index contributed by atoms with van der Waals surface area (Å²) < 4.78 is 15.1. The van der Waals surface area contributed by atoms with Gasteiger partial charge < -0.3 is 14.2 Å². The predicted molar refractivity (Wildman–Crippen MR) is 117 cm³/mol. The van der Waals surface area contributed by atoms with E-state index < -0.39 is 34.9 Å². The Morgan fingerprint density at radius 1 is 0.848 bits per heavy atom. The maximum Gasteiger partial charge on any atom is 0.343 e. The molecule has 0 unspecified atom stereocenters. The number of rotatable bonds is 8. The number of esters is 2. The maximum absolute atomic E-state index is 12.3. The Bertz CT molecular complexity index is 1200. The lowest BCUT2D eigenvalue weighted by Crippen LogP contribution is -2.14. The number of methoxy groups -OCH3 is 1. The zero-order chi connectivity index (χ0) is 24.0. The van der Waals surface area contributed by atoms with Gasteiger partial charge in [-0.05, 0) is 55.5 Å². The van der Waals surface area contributed by atoms with Gasteiger partial charge in [0.15, 0.2) is 18.1 Å². The first-order valence-electron chi connectivity index (χ1n) is 9.70. The fourth-order valence-corrected chi connectivity index (χ4v) is 2.82. The van der Waals surface area contributed by atoms with Crippen LogP contribution in [0.5, 0.6) is 11.5 Å². The number of ether oxygens (including phenoxy) is 3. The quantitative estimate of drug-likeness (QED) is 0.165. The Balaban J connectivity index is 1.59. The molecule has 0 fully saturated rings. The summed E-state index contributed by atoms with van der Waals surface area (Å²) in [6.45, 7) is 1.34. The van der Waals surface area contributed by atoms with E-state index in [0.29, 0.717) is 5.56 Å². The lowest BCUT2D eigenvalue weighted by molar-refractivity contribution is -0.385. The first kappa shape index (κ1) is 23.1. The summed E-state index contributed by atoms with van der Waals surface area (Å²) in [5, 5.41) is 11.1. The molecule has 0 saturated carbocycles. The van der Waals surface area contributed by atoms with Crippen molar-refractivity contribution in [3.8, 4) is 11.5 Å². The summed E-state index contributed by atoms with van der Waals surface area (Å²) in [7, 11) is 1.27. The van der Waals surface area contributed by atoms with Crippen molar-refractivity contribution in [2.24, 2.45) is 0 Å². The van der Waals surface area contributed by atoms with Crippen LogP contribution in [0.25, 0.3) is 0 Å². The molecule has 3 rings (SSSR count). The zero-order valence-corrected chi connectivity index (χ0v) is 17.8. The van der Waals surface area contributed by atoms with Crippen LogP contribution in [0, 0.1) is 17.0 Å². The van der Waals surface area contributed by atoms with E-state index in [4.69, 9.17) is 14.2 Å². The van der Waals surface area contributed by atoms with Crippen molar-refractivity contribution in [1.82, 2.24) is 0 Å². The molecule has 0 aromatic heterocycles. The molecular weight excluding hydrogens is 430 g/mol. The second kappa shape index (κ2) is 10.2. The molecular formula is C24H19NO8. The molecule has 9 heteroatoms. The Labute approximate surface area is 188 Å². The van der Waals surface area contributed by atoms with Crippen molar-refractivity contribution in [2.75, 3.05) is 13.7 Å². The van der Waals surface area contributed by atoms with Gasteiger partial charge in [-0.25, -0.2) is 9.59 Å². The van der Waals surface area contributed by atoms with E-state index in [0.717, 1.165) is 11.6 Å². The van der Waals surface area contributed by atoms with Crippen LogP contribution in [0.15, 0.2) is 66.7 Å². The molecule has 0 aliphatic heterocycles. The molecule has 0 N–H and O–H groups in total. The van der Waals surface area contributed by atoms with Gasteiger partial charge in [-0.15, -0.1) is 0 Å². The summed E-state index contributed by atoms with van der Waals surface area (Å²) in [5.74, 6) is -1.67. The molecule has 0 spiro atoms. The summed E-state index contributed by atoms with van der Waals surface area (Å²) in [6.07, 6.45) is 0. The van der Waals surface area contributed by atoms with E-state index in [1.165, 1.54) is 43.5 Å². The second-order valence-corrected chi connectivity index (χ2v) is 6.92. The lowest BCUT2D eigenvalue weighted by Gasteiger charge is -2.07. The topological polar surface area (TPSA) is 122 Å². The van der Waals surface area contributed by atoms with Crippen LogP contribution in [-0.4, -0.2) is 36.4 Å². The second-order valence-electron chi connectivity index (χ2n) is 6.92. The number of nitro benzene ring substituents is 1. The van der Waals surface area contributed by atoms with Crippen LogP contribution in [-0.2, 0) is 4.74 Å². The molecule has 0 bridgehead atoms. The molecule has 0 atom stereocenters. The number of nitro groups is 1. The van der Waals surface area contributed by atoms with Gasteiger partial charge in [0.25, 0.3) is 0 Å². The normalized spacial score (nSPS) is 10.2. The first-order valence-corrected chi connectivity index (χ1v) is 9.70.